The van der Waals surface area contributed by atoms with Crippen molar-refractivity contribution in [2.24, 2.45) is 0 Å². The minimum absolute atomic E-state index is 0.656. The Hall–Kier alpha value is -2.36. The summed E-state index contributed by atoms with van der Waals surface area (Å²) in [5, 5.41) is 0. The summed E-state index contributed by atoms with van der Waals surface area (Å²) in [4.78, 5) is 2.14. The number of nitrogens with zero attached hydrogens (tertiary/aromatic N) is 1. The zero-order valence-corrected chi connectivity index (χ0v) is 12.1. The van der Waals surface area contributed by atoms with Gasteiger partial charge in [-0.25, -0.2) is 0 Å². The molecule has 0 bridgehead atoms. The van der Waals surface area contributed by atoms with E-state index in [1.807, 2.05) is 31.3 Å². The van der Waals surface area contributed by atoms with Crippen molar-refractivity contribution in [3.05, 3.63) is 48.0 Å². The number of anilines is 2. The molecule has 0 aliphatic carbocycles. The normalized spacial score (nSPS) is 10.2. The highest BCUT2D eigenvalue weighted by molar-refractivity contribution is 5.58. The molecule has 0 amide bonds. The summed E-state index contributed by atoms with van der Waals surface area (Å²) >= 11 is 0. The molecule has 0 aliphatic rings. The summed E-state index contributed by atoms with van der Waals surface area (Å²) in [6.07, 6.45) is 0. The van der Waals surface area contributed by atoms with Crippen LogP contribution < -0.4 is 20.1 Å². The first kappa shape index (κ1) is 14.1. The average Bonchev–Trinajstić information content (AvgIpc) is 2.47. The molecule has 0 fully saturated rings. The van der Waals surface area contributed by atoms with Gasteiger partial charge in [0.1, 0.15) is 0 Å². The van der Waals surface area contributed by atoms with Gasteiger partial charge >= 0.3 is 0 Å². The summed E-state index contributed by atoms with van der Waals surface area (Å²) in [6, 6.07) is 13.9. The van der Waals surface area contributed by atoms with Gasteiger partial charge < -0.3 is 20.1 Å². The Morgan fingerprint density at radius 3 is 2.35 bits per heavy atom. The van der Waals surface area contributed by atoms with Gasteiger partial charge in [-0.2, -0.15) is 0 Å². The topological polar surface area (TPSA) is 47.7 Å². The van der Waals surface area contributed by atoms with E-state index in [4.69, 9.17) is 15.2 Å². The molecule has 0 atom stereocenters. The zero-order valence-electron chi connectivity index (χ0n) is 12.1. The number of hydrogen-bond acceptors (Lipinski definition) is 4. The molecule has 0 aliphatic heterocycles. The Kier molecular flexibility index (Phi) is 4.35. The SMILES string of the molecule is COc1cc(N)cc(CN(C)c2ccccc2)c1OC. The minimum Gasteiger partial charge on any atom is -0.493 e. The number of hydrogen-bond donors (Lipinski definition) is 1. The quantitative estimate of drug-likeness (QED) is 0.850. The summed E-state index contributed by atoms with van der Waals surface area (Å²) < 4.78 is 10.8. The fourth-order valence-corrected chi connectivity index (χ4v) is 2.21. The van der Waals surface area contributed by atoms with Crippen LogP contribution in [0.3, 0.4) is 0 Å². The second kappa shape index (κ2) is 6.19. The lowest BCUT2D eigenvalue weighted by atomic mass is 10.1. The number of benzene rings is 2. The average molecular weight is 272 g/mol. The molecule has 0 saturated carbocycles. The second-order valence-electron chi connectivity index (χ2n) is 4.61. The van der Waals surface area contributed by atoms with Crippen LogP contribution in [-0.4, -0.2) is 21.3 Å². The van der Waals surface area contributed by atoms with E-state index in [9.17, 15) is 0 Å². The van der Waals surface area contributed by atoms with E-state index in [0.717, 1.165) is 17.0 Å². The molecule has 0 aromatic heterocycles. The van der Waals surface area contributed by atoms with Crippen LogP contribution >= 0.6 is 0 Å². The van der Waals surface area contributed by atoms with Gasteiger partial charge in [0.25, 0.3) is 0 Å². The van der Waals surface area contributed by atoms with Crippen LogP contribution in [0.2, 0.25) is 0 Å². The predicted octanol–water partition coefficient (Wildman–Crippen LogP) is 2.92. The van der Waals surface area contributed by atoms with Crippen molar-refractivity contribution in [2.75, 3.05) is 31.9 Å². The van der Waals surface area contributed by atoms with Crippen molar-refractivity contribution in [3.8, 4) is 11.5 Å². The number of rotatable bonds is 5. The third kappa shape index (κ3) is 2.96. The molecular weight excluding hydrogens is 252 g/mol. The number of nitrogens with two attached hydrogens (primary N) is 1. The predicted molar refractivity (Wildman–Crippen MR) is 82.5 cm³/mol. The maximum atomic E-state index is 5.92. The lowest BCUT2D eigenvalue weighted by Gasteiger charge is -2.22. The van der Waals surface area contributed by atoms with Gasteiger partial charge in [-0.05, 0) is 18.2 Å². The van der Waals surface area contributed by atoms with Crippen LogP contribution in [0, 0.1) is 0 Å². The molecule has 0 spiro atoms. The highest BCUT2D eigenvalue weighted by Gasteiger charge is 2.13. The molecule has 0 radical (unpaired) electrons. The summed E-state index contributed by atoms with van der Waals surface area (Å²) in [5.41, 5.74) is 8.72. The van der Waals surface area contributed by atoms with Crippen LogP contribution in [-0.2, 0) is 6.54 Å². The zero-order chi connectivity index (χ0) is 14.5. The van der Waals surface area contributed by atoms with E-state index < -0.39 is 0 Å². The van der Waals surface area contributed by atoms with Crippen molar-refractivity contribution < 1.29 is 9.47 Å². The van der Waals surface area contributed by atoms with Crippen LogP contribution in [0.15, 0.2) is 42.5 Å². The Labute approximate surface area is 119 Å². The molecule has 20 heavy (non-hydrogen) atoms. The van der Waals surface area contributed by atoms with Gasteiger partial charge in [0.15, 0.2) is 11.5 Å². The van der Waals surface area contributed by atoms with E-state index in [2.05, 4.69) is 17.0 Å². The van der Waals surface area contributed by atoms with Gasteiger partial charge in [0, 0.05) is 36.6 Å². The Morgan fingerprint density at radius 2 is 1.75 bits per heavy atom. The number of ether oxygens (including phenoxy) is 2. The van der Waals surface area contributed by atoms with Gasteiger partial charge in [-0.3, -0.25) is 0 Å². The molecule has 4 heteroatoms. The number of methoxy groups -OCH3 is 2. The van der Waals surface area contributed by atoms with E-state index in [1.165, 1.54) is 0 Å². The standard InChI is InChI=1S/C16H20N2O2/c1-18(14-7-5-4-6-8-14)11-12-9-13(17)10-15(19-2)16(12)20-3/h4-10H,11,17H2,1-3H3. The number of nitrogen functional groups attached to an aromatic ring is 1. The second-order valence-corrected chi connectivity index (χ2v) is 4.61. The van der Waals surface area contributed by atoms with E-state index in [-0.39, 0.29) is 0 Å². The van der Waals surface area contributed by atoms with Gasteiger partial charge in [0.2, 0.25) is 0 Å². The van der Waals surface area contributed by atoms with Crippen molar-refractivity contribution >= 4 is 11.4 Å². The highest BCUT2D eigenvalue weighted by Crippen LogP contribution is 2.34. The molecule has 2 rings (SSSR count). The molecule has 2 aromatic rings. The molecule has 0 saturated heterocycles. The molecule has 4 nitrogen and oxygen atoms in total. The lowest BCUT2D eigenvalue weighted by Crippen LogP contribution is -2.17. The van der Waals surface area contributed by atoms with Crippen LogP contribution in [0.4, 0.5) is 11.4 Å². The fourth-order valence-electron chi connectivity index (χ4n) is 2.21. The molecule has 2 aromatic carbocycles. The first-order valence-electron chi connectivity index (χ1n) is 6.42. The van der Waals surface area contributed by atoms with Crippen LogP contribution in [0.5, 0.6) is 11.5 Å². The van der Waals surface area contributed by atoms with Crippen LogP contribution in [0.1, 0.15) is 5.56 Å². The Bertz CT molecular complexity index is 570. The third-order valence-corrected chi connectivity index (χ3v) is 3.18. The smallest absolute Gasteiger partial charge is 0.165 e. The first-order valence-corrected chi connectivity index (χ1v) is 6.42. The van der Waals surface area contributed by atoms with Gasteiger partial charge in [0.05, 0.1) is 14.2 Å². The maximum Gasteiger partial charge on any atom is 0.165 e. The highest BCUT2D eigenvalue weighted by atomic mass is 16.5. The van der Waals surface area contributed by atoms with E-state index in [1.54, 1.807) is 20.3 Å². The van der Waals surface area contributed by atoms with E-state index >= 15 is 0 Å². The van der Waals surface area contributed by atoms with Crippen molar-refractivity contribution in [3.63, 3.8) is 0 Å². The molecule has 0 heterocycles. The third-order valence-electron chi connectivity index (χ3n) is 3.18. The monoisotopic (exact) mass is 272 g/mol. The first-order chi connectivity index (χ1) is 9.65. The summed E-state index contributed by atoms with van der Waals surface area (Å²) in [6.45, 7) is 0.689. The molecule has 2 N–H and O–H groups in total. The van der Waals surface area contributed by atoms with Crippen molar-refractivity contribution in [2.45, 2.75) is 6.54 Å². The van der Waals surface area contributed by atoms with Crippen LogP contribution in [0.25, 0.3) is 0 Å². The fraction of sp³-hybridized carbons (Fsp3) is 0.250. The van der Waals surface area contributed by atoms with Gasteiger partial charge in [-0.15, -0.1) is 0 Å². The van der Waals surface area contributed by atoms with Crippen molar-refractivity contribution in [1.82, 2.24) is 0 Å². The summed E-state index contributed by atoms with van der Waals surface area (Å²) in [7, 11) is 5.28. The Morgan fingerprint density at radius 1 is 1.05 bits per heavy atom. The Balaban J connectivity index is 2.31. The minimum atomic E-state index is 0.656. The molecule has 0 unspecified atom stereocenters. The maximum absolute atomic E-state index is 5.92. The molecule has 106 valence electrons. The largest absolute Gasteiger partial charge is 0.493 e. The molecular formula is C16H20N2O2. The van der Waals surface area contributed by atoms with Gasteiger partial charge in [-0.1, -0.05) is 18.2 Å². The van der Waals surface area contributed by atoms with E-state index in [0.29, 0.717) is 18.0 Å². The number of para-hydroxylation sites is 1. The lowest BCUT2D eigenvalue weighted by molar-refractivity contribution is 0.352. The summed E-state index contributed by atoms with van der Waals surface area (Å²) in [5.74, 6) is 1.38. The van der Waals surface area contributed by atoms with Crippen molar-refractivity contribution in [1.29, 1.82) is 0 Å².